The van der Waals surface area contributed by atoms with Crippen LogP contribution < -0.4 is 5.43 Å². The second-order valence-corrected chi connectivity index (χ2v) is 7.13. The lowest BCUT2D eigenvalue weighted by molar-refractivity contribution is -0.118. The molecule has 1 aliphatic rings. The fraction of sp³-hybridized carbons (Fsp3) is 0.300. The number of piperidine rings is 1. The molecule has 2 aromatic carbocycles. The maximum absolute atomic E-state index is 11.9. The zero-order valence-electron chi connectivity index (χ0n) is 14.2. The van der Waals surface area contributed by atoms with E-state index in [4.69, 9.17) is 0 Å². The minimum atomic E-state index is -0.0481. The van der Waals surface area contributed by atoms with Crippen LogP contribution in [0.4, 0.5) is 0 Å². The Bertz CT molecular complexity index is 693. The molecule has 3 rings (SSSR count). The molecule has 130 valence electrons. The van der Waals surface area contributed by atoms with Crippen LogP contribution in [0.2, 0.25) is 0 Å². The smallest absolute Gasteiger partial charge is 0.250 e. The molecule has 1 aliphatic heterocycles. The summed E-state index contributed by atoms with van der Waals surface area (Å²) in [7, 11) is 0. The topological polar surface area (TPSA) is 44.7 Å². The summed E-state index contributed by atoms with van der Waals surface area (Å²) in [4.78, 5) is 15.4. The Morgan fingerprint density at radius 2 is 1.64 bits per heavy atom. The first-order chi connectivity index (χ1) is 12.3. The van der Waals surface area contributed by atoms with Gasteiger partial charge in [0.2, 0.25) is 5.91 Å². The number of likely N-dealkylation sites (tertiary alicyclic amines) is 1. The van der Waals surface area contributed by atoms with E-state index in [-0.39, 0.29) is 5.91 Å². The second-order valence-electron chi connectivity index (χ2n) is 6.08. The van der Waals surface area contributed by atoms with E-state index >= 15 is 0 Å². The van der Waals surface area contributed by atoms with Crippen molar-refractivity contribution >= 4 is 23.4 Å². The number of hydrogen-bond donors (Lipinski definition) is 1. The van der Waals surface area contributed by atoms with Crippen molar-refractivity contribution in [3.63, 3.8) is 0 Å². The molecule has 1 heterocycles. The molecule has 1 saturated heterocycles. The monoisotopic (exact) mass is 353 g/mol. The highest BCUT2D eigenvalue weighted by atomic mass is 32.2. The van der Waals surface area contributed by atoms with Gasteiger partial charge in [0.15, 0.2) is 0 Å². The van der Waals surface area contributed by atoms with Gasteiger partial charge in [-0.2, -0.15) is 5.10 Å². The molecule has 0 atom stereocenters. The van der Waals surface area contributed by atoms with Gasteiger partial charge in [0.1, 0.15) is 0 Å². The lowest BCUT2D eigenvalue weighted by Crippen LogP contribution is -2.34. The fourth-order valence-electron chi connectivity index (χ4n) is 2.76. The minimum Gasteiger partial charge on any atom is -0.298 e. The third kappa shape index (κ3) is 6.03. The third-order valence-electron chi connectivity index (χ3n) is 4.13. The Morgan fingerprint density at radius 1 is 1.00 bits per heavy atom. The normalized spacial score (nSPS) is 15.0. The largest absolute Gasteiger partial charge is 0.298 e. The summed E-state index contributed by atoms with van der Waals surface area (Å²) in [5.41, 5.74) is 5.12. The molecule has 0 spiro atoms. The van der Waals surface area contributed by atoms with Crippen LogP contribution in [-0.2, 0) is 11.3 Å². The maximum Gasteiger partial charge on any atom is 0.250 e. The van der Waals surface area contributed by atoms with Gasteiger partial charge in [-0.25, -0.2) is 5.43 Å². The van der Waals surface area contributed by atoms with Crippen LogP contribution in [0.25, 0.3) is 0 Å². The van der Waals surface area contributed by atoms with E-state index < -0.39 is 0 Å². The van der Waals surface area contributed by atoms with Crippen molar-refractivity contribution in [1.29, 1.82) is 0 Å². The lowest BCUT2D eigenvalue weighted by Gasteiger charge is -2.27. The van der Waals surface area contributed by atoms with E-state index in [9.17, 15) is 4.79 Å². The summed E-state index contributed by atoms with van der Waals surface area (Å²) in [5.74, 6) is 0.342. The molecular weight excluding hydrogens is 330 g/mol. The molecule has 1 N–H and O–H groups in total. The summed E-state index contributed by atoms with van der Waals surface area (Å²) in [6.07, 6.45) is 1.83. The first-order valence-corrected chi connectivity index (χ1v) is 9.56. The number of amides is 1. The van der Waals surface area contributed by atoms with Crippen molar-refractivity contribution in [2.45, 2.75) is 24.3 Å². The van der Waals surface area contributed by atoms with E-state index in [0.29, 0.717) is 5.75 Å². The van der Waals surface area contributed by atoms with Crippen LogP contribution in [0.15, 0.2) is 70.7 Å². The maximum atomic E-state index is 11.9. The average Bonchev–Trinajstić information content (AvgIpc) is 2.67. The number of hydrogen-bond acceptors (Lipinski definition) is 4. The van der Waals surface area contributed by atoms with Crippen molar-refractivity contribution in [2.24, 2.45) is 5.10 Å². The number of benzene rings is 2. The predicted octanol–water partition coefficient (Wildman–Crippen LogP) is 3.55. The number of rotatable bonds is 6. The number of nitrogens with zero attached hydrogens (tertiary/aromatic N) is 2. The van der Waals surface area contributed by atoms with Gasteiger partial charge in [0.05, 0.1) is 5.75 Å². The van der Waals surface area contributed by atoms with Crippen LogP contribution in [0, 0.1) is 0 Å². The van der Waals surface area contributed by atoms with Crippen molar-refractivity contribution in [3.8, 4) is 0 Å². The van der Waals surface area contributed by atoms with Gasteiger partial charge in [-0.05, 0) is 17.7 Å². The highest BCUT2D eigenvalue weighted by Gasteiger charge is 2.15. The Labute approximate surface area is 153 Å². The molecule has 0 aromatic heterocycles. The Balaban J connectivity index is 1.38. The van der Waals surface area contributed by atoms with Gasteiger partial charge in [-0.1, -0.05) is 48.5 Å². The van der Waals surface area contributed by atoms with Gasteiger partial charge in [0, 0.05) is 43.1 Å². The SMILES string of the molecule is O=C(CSc1ccccc1)NN=C1CCN(Cc2ccccc2)CC1. The van der Waals surface area contributed by atoms with Crippen LogP contribution >= 0.6 is 11.8 Å². The fourth-order valence-corrected chi connectivity index (χ4v) is 3.47. The van der Waals surface area contributed by atoms with Gasteiger partial charge in [-0.3, -0.25) is 9.69 Å². The molecule has 0 saturated carbocycles. The van der Waals surface area contributed by atoms with Gasteiger partial charge < -0.3 is 0 Å². The summed E-state index contributed by atoms with van der Waals surface area (Å²) in [6, 6.07) is 20.5. The van der Waals surface area contributed by atoms with Gasteiger partial charge in [-0.15, -0.1) is 11.8 Å². The van der Waals surface area contributed by atoms with Crippen LogP contribution in [0.5, 0.6) is 0 Å². The number of carbonyl (C=O) groups is 1. The molecule has 0 aliphatic carbocycles. The molecule has 0 bridgehead atoms. The molecule has 0 radical (unpaired) electrons. The summed E-state index contributed by atoms with van der Waals surface area (Å²) in [6.45, 7) is 2.96. The first kappa shape index (κ1) is 17.7. The number of hydrazone groups is 1. The first-order valence-electron chi connectivity index (χ1n) is 8.58. The molecule has 5 heteroatoms. The van der Waals surface area contributed by atoms with E-state index in [1.54, 1.807) is 0 Å². The minimum absolute atomic E-state index is 0.0481. The zero-order chi connectivity index (χ0) is 17.3. The molecule has 0 unspecified atom stereocenters. The second kappa shape index (κ2) is 9.39. The highest BCUT2D eigenvalue weighted by Crippen LogP contribution is 2.16. The quantitative estimate of drug-likeness (QED) is 0.638. The molecular formula is C20H23N3OS. The number of thioether (sulfide) groups is 1. The van der Waals surface area contributed by atoms with Crippen molar-refractivity contribution in [3.05, 3.63) is 66.2 Å². The highest BCUT2D eigenvalue weighted by molar-refractivity contribution is 8.00. The molecule has 1 amide bonds. The van der Waals surface area contributed by atoms with E-state index in [1.807, 2.05) is 36.4 Å². The zero-order valence-corrected chi connectivity index (χ0v) is 15.0. The summed E-state index contributed by atoms with van der Waals surface area (Å²) < 4.78 is 0. The van der Waals surface area contributed by atoms with E-state index in [1.165, 1.54) is 17.3 Å². The van der Waals surface area contributed by atoms with Crippen LogP contribution in [0.1, 0.15) is 18.4 Å². The number of carbonyl (C=O) groups excluding carboxylic acids is 1. The molecule has 25 heavy (non-hydrogen) atoms. The van der Waals surface area contributed by atoms with Crippen molar-refractivity contribution < 1.29 is 4.79 Å². The summed E-state index contributed by atoms with van der Waals surface area (Å²) >= 11 is 1.53. The van der Waals surface area contributed by atoms with Crippen molar-refractivity contribution in [2.75, 3.05) is 18.8 Å². The average molecular weight is 353 g/mol. The summed E-state index contributed by atoms with van der Waals surface area (Å²) in [5, 5.41) is 4.31. The van der Waals surface area contributed by atoms with E-state index in [2.05, 4.69) is 39.7 Å². The van der Waals surface area contributed by atoms with E-state index in [0.717, 1.165) is 43.1 Å². The Morgan fingerprint density at radius 3 is 2.32 bits per heavy atom. The molecule has 4 nitrogen and oxygen atoms in total. The third-order valence-corrected chi connectivity index (χ3v) is 5.15. The predicted molar refractivity (Wildman–Crippen MR) is 104 cm³/mol. The molecule has 2 aromatic rings. The number of nitrogens with one attached hydrogen (secondary N) is 1. The molecule has 1 fully saturated rings. The van der Waals surface area contributed by atoms with Gasteiger partial charge in [0.25, 0.3) is 0 Å². The lowest BCUT2D eigenvalue weighted by atomic mass is 10.1. The van der Waals surface area contributed by atoms with Crippen molar-refractivity contribution in [1.82, 2.24) is 10.3 Å². The standard InChI is InChI=1S/C20H23N3OS/c24-20(16-25-19-9-5-2-6-10-19)22-21-18-11-13-23(14-12-18)15-17-7-3-1-4-8-17/h1-10H,11-16H2,(H,22,24). The Kier molecular flexibility index (Phi) is 6.65. The van der Waals surface area contributed by atoms with Crippen LogP contribution in [0.3, 0.4) is 0 Å². The Hall–Kier alpha value is -2.11. The van der Waals surface area contributed by atoms with Gasteiger partial charge >= 0.3 is 0 Å². The van der Waals surface area contributed by atoms with Crippen LogP contribution in [-0.4, -0.2) is 35.4 Å².